The molecule has 0 fully saturated rings. The molecule has 5 N–H and O–H groups in total. The van der Waals surface area contributed by atoms with Gasteiger partial charge in [-0.15, -0.1) is 0 Å². The Hall–Kier alpha value is -1.60. The van der Waals surface area contributed by atoms with Gasteiger partial charge in [0.25, 0.3) is 0 Å². The Morgan fingerprint density at radius 1 is 1.47 bits per heavy atom. The monoisotopic (exact) mass is 214 g/mol. The number of nitrogens with zero attached hydrogens (tertiary/aromatic N) is 2. The topological polar surface area (TPSA) is 114 Å². The van der Waals surface area contributed by atoms with Crippen molar-refractivity contribution in [2.24, 2.45) is 0 Å². The predicted octanol–water partition coefficient (Wildman–Crippen LogP) is -1.17. The molecular weight excluding hydrogens is 200 g/mol. The van der Waals surface area contributed by atoms with Gasteiger partial charge in [-0.05, 0) is 0 Å². The fourth-order valence-corrected chi connectivity index (χ4v) is 0.999. The van der Waals surface area contributed by atoms with Gasteiger partial charge in [0.1, 0.15) is 12.0 Å². The average molecular weight is 214 g/mol. The van der Waals surface area contributed by atoms with Crippen LogP contribution < -0.4 is 15.8 Å². The van der Waals surface area contributed by atoms with Crippen molar-refractivity contribution in [2.45, 2.75) is 6.04 Å². The molecule has 7 nitrogen and oxygen atoms in total. The quantitative estimate of drug-likeness (QED) is 0.488. The Morgan fingerprint density at radius 2 is 2.13 bits per heavy atom. The minimum atomic E-state index is -0.507. The van der Waals surface area contributed by atoms with E-state index in [1.165, 1.54) is 13.4 Å². The van der Waals surface area contributed by atoms with Gasteiger partial charge in [-0.3, -0.25) is 0 Å². The van der Waals surface area contributed by atoms with Gasteiger partial charge in [0, 0.05) is 0 Å². The normalized spacial score (nSPS) is 10.4. The summed E-state index contributed by atoms with van der Waals surface area (Å²) in [5, 5.41) is 20.5. The van der Waals surface area contributed by atoms with E-state index in [4.69, 9.17) is 20.7 Å². The maximum Gasteiger partial charge on any atom is 0.242 e. The number of aliphatic hydroxyl groups is 2. The number of ether oxygens (including phenoxy) is 1. The van der Waals surface area contributed by atoms with Gasteiger partial charge >= 0.3 is 0 Å². The Morgan fingerprint density at radius 3 is 2.67 bits per heavy atom. The minimum Gasteiger partial charge on any atom is -0.479 e. The lowest BCUT2D eigenvalue weighted by Crippen LogP contribution is -2.28. The first-order chi connectivity index (χ1) is 7.22. The van der Waals surface area contributed by atoms with Crippen LogP contribution in [0.3, 0.4) is 0 Å². The van der Waals surface area contributed by atoms with E-state index in [1.807, 2.05) is 0 Å². The highest BCUT2D eigenvalue weighted by atomic mass is 16.5. The van der Waals surface area contributed by atoms with Crippen LogP contribution in [-0.2, 0) is 0 Å². The van der Waals surface area contributed by atoms with Gasteiger partial charge in [0.2, 0.25) is 5.88 Å². The molecule has 0 saturated carbocycles. The molecule has 1 heterocycles. The summed E-state index contributed by atoms with van der Waals surface area (Å²) in [5.74, 6) is 0.581. The number of anilines is 2. The predicted molar refractivity (Wildman–Crippen MR) is 54.6 cm³/mol. The molecule has 0 radical (unpaired) electrons. The van der Waals surface area contributed by atoms with Crippen LogP contribution >= 0.6 is 0 Å². The number of hydrogen-bond donors (Lipinski definition) is 4. The third-order valence-corrected chi connectivity index (χ3v) is 1.82. The van der Waals surface area contributed by atoms with Crippen molar-refractivity contribution in [1.82, 2.24) is 9.97 Å². The zero-order valence-corrected chi connectivity index (χ0v) is 8.34. The summed E-state index contributed by atoms with van der Waals surface area (Å²) in [6, 6.07) is -0.507. The number of nitrogens with two attached hydrogens (primary N) is 1. The molecule has 0 aliphatic rings. The molecule has 1 rings (SSSR count). The van der Waals surface area contributed by atoms with E-state index in [-0.39, 0.29) is 24.8 Å². The van der Waals surface area contributed by atoms with Gasteiger partial charge in [-0.1, -0.05) is 0 Å². The highest BCUT2D eigenvalue weighted by Gasteiger charge is 2.12. The minimum absolute atomic E-state index is 0.220. The van der Waals surface area contributed by atoms with Crippen LogP contribution in [0.5, 0.6) is 5.88 Å². The lowest BCUT2D eigenvalue weighted by atomic mass is 10.3. The maximum atomic E-state index is 8.87. The largest absolute Gasteiger partial charge is 0.479 e. The molecule has 0 saturated heterocycles. The van der Waals surface area contributed by atoms with E-state index in [1.54, 1.807) is 0 Å². The Balaban J connectivity index is 2.85. The Labute approximate surface area is 86.9 Å². The maximum absolute atomic E-state index is 8.87. The standard InChI is InChI=1S/C8H14N4O3/c1-15-8-6(9)7(10-4-11-8)12-5(2-13)3-14/h4-5,13-14H,2-3,9H2,1H3,(H,10,11,12). The first-order valence-electron chi connectivity index (χ1n) is 4.35. The van der Waals surface area contributed by atoms with Crippen LogP contribution in [0.15, 0.2) is 6.33 Å². The molecule has 0 spiro atoms. The number of methoxy groups -OCH3 is 1. The molecule has 0 aliphatic carbocycles. The molecule has 0 atom stereocenters. The molecular formula is C8H14N4O3. The van der Waals surface area contributed by atoms with Crippen molar-refractivity contribution in [3.63, 3.8) is 0 Å². The van der Waals surface area contributed by atoms with Crippen molar-refractivity contribution in [1.29, 1.82) is 0 Å². The van der Waals surface area contributed by atoms with Gasteiger partial charge in [-0.25, -0.2) is 4.98 Å². The highest BCUT2D eigenvalue weighted by Crippen LogP contribution is 2.24. The summed E-state index contributed by atoms with van der Waals surface area (Å²) in [6.45, 7) is -0.440. The third kappa shape index (κ3) is 2.67. The molecule has 0 aliphatic heterocycles. The molecule has 0 amide bonds. The summed E-state index contributed by atoms with van der Waals surface area (Å²) in [5.41, 5.74) is 5.92. The van der Waals surface area contributed by atoms with Crippen molar-refractivity contribution in [3.8, 4) is 5.88 Å². The van der Waals surface area contributed by atoms with E-state index in [2.05, 4.69) is 15.3 Å². The molecule has 1 aromatic rings. The summed E-state index contributed by atoms with van der Waals surface area (Å²) >= 11 is 0. The van der Waals surface area contributed by atoms with Crippen LogP contribution in [0.25, 0.3) is 0 Å². The molecule has 0 unspecified atom stereocenters. The van der Waals surface area contributed by atoms with Gasteiger partial charge in [0.05, 0.1) is 26.4 Å². The number of hydrogen-bond acceptors (Lipinski definition) is 7. The van der Waals surface area contributed by atoms with E-state index in [0.29, 0.717) is 5.82 Å². The van der Waals surface area contributed by atoms with Crippen LogP contribution in [0.2, 0.25) is 0 Å². The highest BCUT2D eigenvalue weighted by molar-refractivity contribution is 5.66. The second kappa shape index (κ2) is 5.32. The van der Waals surface area contributed by atoms with Crippen LogP contribution in [-0.4, -0.2) is 46.5 Å². The van der Waals surface area contributed by atoms with Gasteiger partial charge < -0.3 is 26.0 Å². The van der Waals surface area contributed by atoms with E-state index in [9.17, 15) is 0 Å². The SMILES string of the molecule is COc1ncnc(NC(CO)CO)c1N. The number of nitrogen functional groups attached to an aromatic ring is 1. The second-order valence-corrected chi connectivity index (χ2v) is 2.85. The van der Waals surface area contributed by atoms with Crippen molar-refractivity contribution in [3.05, 3.63) is 6.33 Å². The van der Waals surface area contributed by atoms with Crippen LogP contribution in [0.1, 0.15) is 0 Å². The zero-order valence-electron chi connectivity index (χ0n) is 8.34. The van der Waals surface area contributed by atoms with Crippen molar-refractivity contribution in [2.75, 3.05) is 31.4 Å². The summed E-state index contributed by atoms with van der Waals surface area (Å²) in [7, 11) is 1.44. The summed E-state index contributed by atoms with van der Waals surface area (Å²) in [4.78, 5) is 7.67. The van der Waals surface area contributed by atoms with E-state index >= 15 is 0 Å². The lowest BCUT2D eigenvalue weighted by Gasteiger charge is -2.15. The number of nitrogens with one attached hydrogen (secondary N) is 1. The summed E-state index contributed by atoms with van der Waals surface area (Å²) < 4.78 is 4.89. The number of aliphatic hydroxyl groups excluding tert-OH is 2. The first kappa shape index (κ1) is 11.5. The molecule has 7 heteroatoms. The smallest absolute Gasteiger partial charge is 0.242 e. The summed E-state index contributed by atoms with van der Waals surface area (Å²) in [6.07, 6.45) is 1.28. The van der Waals surface area contributed by atoms with Crippen LogP contribution in [0, 0.1) is 0 Å². The zero-order chi connectivity index (χ0) is 11.3. The molecule has 0 aromatic carbocycles. The number of rotatable bonds is 5. The van der Waals surface area contributed by atoms with Gasteiger partial charge in [0.15, 0.2) is 5.82 Å². The first-order valence-corrected chi connectivity index (χ1v) is 4.35. The fourth-order valence-electron chi connectivity index (χ4n) is 0.999. The van der Waals surface area contributed by atoms with E-state index < -0.39 is 6.04 Å². The van der Waals surface area contributed by atoms with Crippen LogP contribution in [0.4, 0.5) is 11.5 Å². The fraction of sp³-hybridized carbons (Fsp3) is 0.500. The Kier molecular flexibility index (Phi) is 4.07. The molecule has 1 aromatic heterocycles. The molecule has 84 valence electrons. The Bertz CT molecular complexity index is 317. The lowest BCUT2D eigenvalue weighted by molar-refractivity contribution is 0.203. The third-order valence-electron chi connectivity index (χ3n) is 1.82. The second-order valence-electron chi connectivity index (χ2n) is 2.85. The van der Waals surface area contributed by atoms with Crippen molar-refractivity contribution >= 4 is 11.5 Å². The molecule has 15 heavy (non-hydrogen) atoms. The molecule has 0 bridgehead atoms. The van der Waals surface area contributed by atoms with Crippen molar-refractivity contribution < 1.29 is 14.9 Å². The van der Waals surface area contributed by atoms with Gasteiger partial charge in [-0.2, -0.15) is 4.98 Å². The number of aromatic nitrogens is 2. The van der Waals surface area contributed by atoms with E-state index in [0.717, 1.165) is 0 Å². The average Bonchev–Trinajstić information content (AvgIpc) is 2.28.